The van der Waals surface area contributed by atoms with E-state index in [1.165, 1.54) is 6.42 Å². The molecule has 1 aliphatic rings. The van der Waals surface area contributed by atoms with Gasteiger partial charge in [0, 0.05) is 12.5 Å². The molecule has 0 aromatic heterocycles. The highest BCUT2D eigenvalue weighted by atomic mass is 16.2. The Morgan fingerprint density at radius 1 is 1.12 bits per heavy atom. The summed E-state index contributed by atoms with van der Waals surface area (Å²) in [5.41, 5.74) is 10.4. The minimum atomic E-state index is -1.02. The van der Waals surface area contributed by atoms with Crippen molar-refractivity contribution in [2.24, 2.45) is 17.4 Å². The molecule has 89 valence electrons. The van der Waals surface area contributed by atoms with Gasteiger partial charge in [-0.1, -0.05) is 0 Å². The predicted molar refractivity (Wildman–Crippen MR) is 57.0 cm³/mol. The largest absolute Gasteiger partial charge is 0.351 e. The zero-order valence-electron chi connectivity index (χ0n) is 8.94. The minimum absolute atomic E-state index is 0.0749. The average Bonchev–Trinajstić information content (AvgIpc) is 2.20. The normalized spacial score (nSPS) is 24.8. The van der Waals surface area contributed by atoms with Crippen molar-refractivity contribution in [3.63, 3.8) is 0 Å². The second-order valence-electron chi connectivity index (χ2n) is 4.02. The lowest BCUT2D eigenvalue weighted by atomic mass is 9.83. The first-order chi connectivity index (χ1) is 7.49. The van der Waals surface area contributed by atoms with E-state index in [4.69, 9.17) is 11.5 Å². The second kappa shape index (κ2) is 5.60. The minimum Gasteiger partial charge on any atom is -0.351 e. The summed E-state index contributed by atoms with van der Waals surface area (Å²) in [4.78, 5) is 32.8. The molecule has 0 unspecified atom stereocenters. The molecule has 0 atom stereocenters. The summed E-state index contributed by atoms with van der Waals surface area (Å²) in [6, 6.07) is -0.823. The molecular formula is C10H16N3O3. The Morgan fingerprint density at radius 2 is 1.69 bits per heavy atom. The van der Waals surface area contributed by atoms with Crippen LogP contribution in [0.25, 0.3) is 0 Å². The summed E-state index contributed by atoms with van der Waals surface area (Å²) in [6.07, 6.45) is 4.66. The van der Waals surface area contributed by atoms with E-state index < -0.39 is 17.7 Å². The van der Waals surface area contributed by atoms with Crippen molar-refractivity contribution in [1.29, 1.82) is 0 Å². The van der Waals surface area contributed by atoms with Gasteiger partial charge in [-0.25, -0.2) is 4.79 Å². The molecule has 1 saturated carbocycles. The van der Waals surface area contributed by atoms with Crippen LogP contribution in [-0.2, 0) is 9.59 Å². The van der Waals surface area contributed by atoms with E-state index in [1.807, 2.05) is 0 Å². The van der Waals surface area contributed by atoms with Gasteiger partial charge in [0.1, 0.15) is 0 Å². The average molecular weight is 226 g/mol. The zero-order chi connectivity index (χ0) is 12.1. The second-order valence-corrected chi connectivity index (χ2v) is 4.02. The number of amides is 3. The van der Waals surface area contributed by atoms with Crippen LogP contribution in [0.1, 0.15) is 25.7 Å². The molecule has 16 heavy (non-hydrogen) atoms. The Morgan fingerprint density at radius 3 is 2.19 bits per heavy atom. The fraction of sp³-hybridized carbons (Fsp3) is 0.600. The summed E-state index contributed by atoms with van der Waals surface area (Å²) >= 11 is 0. The Hall–Kier alpha value is -1.43. The lowest BCUT2D eigenvalue weighted by molar-refractivity contribution is -0.135. The molecule has 1 rings (SSSR count). The van der Waals surface area contributed by atoms with E-state index in [-0.39, 0.29) is 12.0 Å². The van der Waals surface area contributed by atoms with Crippen molar-refractivity contribution in [1.82, 2.24) is 5.32 Å². The molecule has 0 spiro atoms. The van der Waals surface area contributed by atoms with Crippen LogP contribution in [0.2, 0.25) is 0 Å². The molecule has 0 aromatic carbocycles. The molecule has 6 nitrogen and oxygen atoms in total. The van der Waals surface area contributed by atoms with Gasteiger partial charge in [0.15, 0.2) is 0 Å². The summed E-state index contributed by atoms with van der Waals surface area (Å²) in [5, 5.41) is 1.74. The number of primary amides is 1. The van der Waals surface area contributed by atoms with E-state index >= 15 is 0 Å². The van der Waals surface area contributed by atoms with Crippen molar-refractivity contribution >= 4 is 17.7 Å². The summed E-state index contributed by atoms with van der Waals surface area (Å²) < 4.78 is 0. The lowest BCUT2D eigenvalue weighted by Crippen LogP contribution is -2.40. The molecule has 1 fully saturated rings. The number of rotatable bonds is 3. The van der Waals surface area contributed by atoms with E-state index in [0.29, 0.717) is 0 Å². The summed E-state index contributed by atoms with van der Waals surface area (Å²) in [7, 11) is 0. The van der Waals surface area contributed by atoms with Gasteiger partial charge in [-0.15, -0.1) is 0 Å². The van der Waals surface area contributed by atoms with E-state index in [9.17, 15) is 14.4 Å². The van der Waals surface area contributed by atoms with Crippen LogP contribution in [0.15, 0.2) is 0 Å². The number of nitrogens with two attached hydrogens (primary N) is 2. The van der Waals surface area contributed by atoms with Crippen molar-refractivity contribution in [2.45, 2.75) is 31.7 Å². The van der Waals surface area contributed by atoms with Gasteiger partial charge in [0.25, 0.3) is 5.91 Å². The Balaban J connectivity index is 2.34. The van der Waals surface area contributed by atoms with E-state index in [0.717, 1.165) is 25.7 Å². The van der Waals surface area contributed by atoms with Crippen LogP contribution in [0.5, 0.6) is 0 Å². The van der Waals surface area contributed by atoms with Gasteiger partial charge in [0.05, 0.1) is 0 Å². The number of carbonyl (C=O) groups excluding carboxylic acids is 3. The number of nitrogens with one attached hydrogen (secondary N) is 1. The Kier molecular flexibility index (Phi) is 4.42. The SMILES string of the molecule is NC(=O)NC(=O)C(=O)[CH]C1CCC(N)CC1. The molecule has 0 heterocycles. The van der Waals surface area contributed by atoms with Gasteiger partial charge < -0.3 is 11.5 Å². The van der Waals surface area contributed by atoms with Gasteiger partial charge in [-0.05, 0) is 31.6 Å². The highest BCUT2D eigenvalue weighted by molar-refractivity contribution is 6.41. The van der Waals surface area contributed by atoms with Crippen molar-refractivity contribution in [3.8, 4) is 0 Å². The highest BCUT2D eigenvalue weighted by Gasteiger charge is 2.24. The van der Waals surface area contributed by atoms with Crippen LogP contribution in [0, 0.1) is 12.3 Å². The maximum Gasteiger partial charge on any atom is 0.319 e. The number of imide groups is 1. The van der Waals surface area contributed by atoms with Crippen LogP contribution >= 0.6 is 0 Å². The first-order valence-electron chi connectivity index (χ1n) is 5.24. The van der Waals surface area contributed by atoms with Crippen LogP contribution in [0.4, 0.5) is 4.79 Å². The monoisotopic (exact) mass is 226 g/mol. The number of carbonyl (C=O) groups is 3. The zero-order valence-corrected chi connectivity index (χ0v) is 8.94. The van der Waals surface area contributed by atoms with Crippen LogP contribution in [0.3, 0.4) is 0 Å². The standard InChI is InChI=1S/C10H16N3O3/c11-7-3-1-6(2-4-7)5-8(14)9(15)13-10(12)16/h5-7H,1-4,11H2,(H3,12,13,15,16). The molecule has 6 heteroatoms. The first-order valence-corrected chi connectivity index (χ1v) is 5.24. The third-order valence-corrected chi connectivity index (χ3v) is 2.66. The fourth-order valence-electron chi connectivity index (χ4n) is 1.77. The Bertz CT molecular complexity index is 296. The van der Waals surface area contributed by atoms with Crippen molar-refractivity contribution in [2.75, 3.05) is 0 Å². The number of hydrogen-bond acceptors (Lipinski definition) is 4. The smallest absolute Gasteiger partial charge is 0.319 e. The van der Waals surface area contributed by atoms with Crippen molar-refractivity contribution in [3.05, 3.63) is 6.42 Å². The first kappa shape index (κ1) is 12.6. The molecule has 5 N–H and O–H groups in total. The Labute approximate surface area is 93.7 Å². The molecule has 0 bridgehead atoms. The molecule has 3 amide bonds. The van der Waals surface area contributed by atoms with E-state index in [2.05, 4.69) is 0 Å². The van der Waals surface area contributed by atoms with Gasteiger partial charge in [-0.3, -0.25) is 14.9 Å². The topological polar surface area (TPSA) is 115 Å². The molecule has 0 saturated heterocycles. The molecule has 0 aliphatic heterocycles. The lowest BCUT2D eigenvalue weighted by Gasteiger charge is -2.24. The molecule has 0 aromatic rings. The number of hydrogen-bond donors (Lipinski definition) is 3. The molecular weight excluding hydrogens is 210 g/mol. The molecule has 1 aliphatic carbocycles. The number of urea groups is 1. The van der Waals surface area contributed by atoms with Gasteiger partial charge >= 0.3 is 6.03 Å². The number of Topliss-reactive ketones (excluding diaryl/α,β-unsaturated/α-hetero) is 1. The van der Waals surface area contributed by atoms with Crippen LogP contribution in [-0.4, -0.2) is 23.8 Å². The van der Waals surface area contributed by atoms with Gasteiger partial charge in [0.2, 0.25) is 5.78 Å². The third kappa shape index (κ3) is 3.98. The fourth-order valence-corrected chi connectivity index (χ4v) is 1.77. The quantitative estimate of drug-likeness (QED) is 0.561. The molecule has 1 radical (unpaired) electrons. The maximum atomic E-state index is 11.3. The summed E-state index contributed by atoms with van der Waals surface area (Å²) in [5.74, 6) is -1.60. The van der Waals surface area contributed by atoms with E-state index in [1.54, 1.807) is 5.32 Å². The van der Waals surface area contributed by atoms with Gasteiger partial charge in [-0.2, -0.15) is 0 Å². The maximum absolute atomic E-state index is 11.3. The third-order valence-electron chi connectivity index (χ3n) is 2.66. The highest BCUT2D eigenvalue weighted by Crippen LogP contribution is 2.25. The van der Waals surface area contributed by atoms with Crippen molar-refractivity contribution < 1.29 is 14.4 Å². The van der Waals surface area contributed by atoms with Crippen LogP contribution < -0.4 is 16.8 Å². The summed E-state index contributed by atoms with van der Waals surface area (Å²) in [6.45, 7) is 0. The number of ketones is 1. The predicted octanol–water partition coefficient (Wildman–Crippen LogP) is -0.528.